The van der Waals surface area contributed by atoms with Gasteiger partial charge in [0, 0.05) is 0 Å². The van der Waals surface area contributed by atoms with Gasteiger partial charge in [-0.15, -0.1) is 0 Å². The highest BCUT2D eigenvalue weighted by molar-refractivity contribution is 8.26. The molecule has 2 amide bonds. The third-order valence-corrected chi connectivity index (χ3v) is 6.46. The van der Waals surface area contributed by atoms with Crippen LogP contribution in [0.5, 0.6) is 11.5 Å². The molecule has 0 aliphatic carbocycles. The molecule has 35 heavy (non-hydrogen) atoms. The summed E-state index contributed by atoms with van der Waals surface area (Å²) in [5.74, 6) is -1.21. The van der Waals surface area contributed by atoms with Gasteiger partial charge in [-0.3, -0.25) is 15.0 Å². The first-order chi connectivity index (χ1) is 16.6. The number of nitrogens with zero attached hydrogens (tertiary/aromatic N) is 1. The quantitative estimate of drug-likeness (QED) is 0.282. The van der Waals surface area contributed by atoms with Gasteiger partial charge in [0.05, 0.1) is 34.2 Å². The number of thiocarbonyl (C=S) groups is 1. The number of hydrogen-bond acceptors (Lipinski definition) is 8. The van der Waals surface area contributed by atoms with Crippen LogP contribution < -0.4 is 14.9 Å². The summed E-state index contributed by atoms with van der Waals surface area (Å²) in [6.07, 6.45) is 1.56. The lowest BCUT2D eigenvalue weighted by Crippen LogP contribution is -2.44. The van der Waals surface area contributed by atoms with Crippen molar-refractivity contribution in [3.8, 4) is 11.5 Å². The average Bonchev–Trinajstić information content (AvgIpc) is 3.05. The van der Waals surface area contributed by atoms with Crippen molar-refractivity contribution < 1.29 is 28.6 Å². The fourth-order valence-corrected chi connectivity index (χ4v) is 4.72. The Morgan fingerprint density at radius 1 is 1.17 bits per heavy atom. The summed E-state index contributed by atoms with van der Waals surface area (Å²) in [5, 5.41) is 1.42. The van der Waals surface area contributed by atoms with E-state index in [9.17, 15) is 14.4 Å². The van der Waals surface area contributed by atoms with Gasteiger partial charge in [0.1, 0.15) is 0 Å². The number of hydrazine groups is 1. The van der Waals surface area contributed by atoms with Crippen LogP contribution in [0.3, 0.4) is 0 Å². The van der Waals surface area contributed by atoms with Gasteiger partial charge in [-0.25, -0.2) is 4.79 Å². The Labute approximate surface area is 221 Å². The van der Waals surface area contributed by atoms with Gasteiger partial charge in [-0.05, 0) is 67.5 Å². The maximum Gasteiger partial charge on any atom is 0.343 e. The molecular formula is C23H20Cl2N2O6S2. The Kier molecular flexibility index (Phi) is 9.01. The molecule has 0 atom stereocenters. The molecule has 2 aromatic carbocycles. The highest BCUT2D eigenvalue weighted by atomic mass is 35.5. The zero-order valence-electron chi connectivity index (χ0n) is 18.8. The molecule has 0 bridgehead atoms. The lowest BCUT2D eigenvalue weighted by molar-refractivity contribution is -0.142. The monoisotopic (exact) mass is 554 g/mol. The van der Waals surface area contributed by atoms with Crippen LogP contribution >= 0.6 is 47.2 Å². The maximum absolute atomic E-state index is 13.0. The van der Waals surface area contributed by atoms with E-state index in [1.54, 1.807) is 43.3 Å². The third-order valence-electron chi connectivity index (χ3n) is 4.57. The summed E-state index contributed by atoms with van der Waals surface area (Å²) in [6, 6.07) is 8.12. The first kappa shape index (κ1) is 26.8. The number of halogens is 2. The number of nitrogens with one attached hydrogen (secondary N) is 1. The summed E-state index contributed by atoms with van der Waals surface area (Å²) >= 11 is 18.8. The standard InChI is InChI=1S/C23H20Cl2N2O6S2/c1-4-32-17-9-13(8-16(25)20(17)33-11-19(28)31-3)10-18-22(30)27(23(34)35-18)26-21(29)14-6-5-12(2)7-15(14)24/h5-10H,4,11H2,1-3H3,(H,26,29)/b18-10-. The van der Waals surface area contributed by atoms with Gasteiger partial charge in [0.2, 0.25) is 0 Å². The summed E-state index contributed by atoms with van der Waals surface area (Å²) < 4.78 is 15.8. The Hall–Kier alpha value is -2.79. The molecule has 1 saturated heterocycles. The number of amides is 2. The van der Waals surface area contributed by atoms with E-state index in [0.29, 0.717) is 12.2 Å². The number of thioether (sulfide) groups is 1. The van der Waals surface area contributed by atoms with Crippen molar-refractivity contribution in [3.63, 3.8) is 0 Å². The topological polar surface area (TPSA) is 94.2 Å². The molecule has 1 aliphatic heterocycles. The van der Waals surface area contributed by atoms with Crippen LogP contribution in [0.25, 0.3) is 6.08 Å². The number of esters is 1. The Morgan fingerprint density at radius 2 is 1.91 bits per heavy atom. The van der Waals surface area contributed by atoms with Crippen molar-refractivity contribution in [2.45, 2.75) is 13.8 Å². The molecular weight excluding hydrogens is 535 g/mol. The third kappa shape index (κ3) is 6.46. The van der Waals surface area contributed by atoms with Crippen molar-refractivity contribution >= 4 is 75.4 Å². The molecule has 0 radical (unpaired) electrons. The predicted molar refractivity (Wildman–Crippen MR) is 139 cm³/mol. The molecule has 8 nitrogen and oxygen atoms in total. The number of hydrogen-bond donors (Lipinski definition) is 1. The minimum absolute atomic E-state index is 0.145. The van der Waals surface area contributed by atoms with E-state index < -0.39 is 17.8 Å². The van der Waals surface area contributed by atoms with Gasteiger partial charge in [-0.2, -0.15) is 5.01 Å². The summed E-state index contributed by atoms with van der Waals surface area (Å²) in [5.41, 5.74) is 4.13. The number of carbonyl (C=O) groups is 3. The molecule has 12 heteroatoms. The molecule has 1 aliphatic rings. The van der Waals surface area contributed by atoms with Crippen LogP contribution in [0, 0.1) is 6.92 Å². The van der Waals surface area contributed by atoms with Gasteiger partial charge in [-0.1, -0.05) is 41.0 Å². The summed E-state index contributed by atoms with van der Waals surface area (Å²) in [7, 11) is 1.24. The maximum atomic E-state index is 13.0. The minimum atomic E-state index is -0.578. The molecule has 0 saturated carbocycles. The van der Waals surface area contributed by atoms with E-state index >= 15 is 0 Å². The Balaban J connectivity index is 1.82. The van der Waals surface area contributed by atoms with Crippen LogP contribution in [0.4, 0.5) is 0 Å². The number of rotatable bonds is 8. The van der Waals surface area contributed by atoms with E-state index in [4.69, 9.17) is 44.9 Å². The fraction of sp³-hybridized carbons (Fsp3) is 0.217. The molecule has 1 N–H and O–H groups in total. The smallest absolute Gasteiger partial charge is 0.343 e. The van der Waals surface area contributed by atoms with Gasteiger partial charge >= 0.3 is 5.97 Å². The summed E-state index contributed by atoms with van der Waals surface area (Å²) in [4.78, 5) is 37.3. The van der Waals surface area contributed by atoms with Crippen LogP contribution in [0.2, 0.25) is 10.0 Å². The normalized spacial score (nSPS) is 14.3. The van der Waals surface area contributed by atoms with E-state index in [-0.39, 0.29) is 42.9 Å². The van der Waals surface area contributed by atoms with Gasteiger partial charge in [0.15, 0.2) is 22.4 Å². The van der Waals surface area contributed by atoms with Crippen molar-refractivity contribution in [2.75, 3.05) is 20.3 Å². The van der Waals surface area contributed by atoms with Crippen molar-refractivity contribution in [1.29, 1.82) is 0 Å². The van der Waals surface area contributed by atoms with Crippen LogP contribution in [0.15, 0.2) is 35.2 Å². The van der Waals surface area contributed by atoms with Crippen molar-refractivity contribution in [1.82, 2.24) is 10.4 Å². The molecule has 1 heterocycles. The zero-order valence-corrected chi connectivity index (χ0v) is 22.0. The molecule has 0 aromatic heterocycles. The predicted octanol–water partition coefficient (Wildman–Crippen LogP) is 4.80. The lowest BCUT2D eigenvalue weighted by Gasteiger charge is -2.16. The Morgan fingerprint density at radius 3 is 2.57 bits per heavy atom. The van der Waals surface area contributed by atoms with Crippen molar-refractivity contribution in [2.24, 2.45) is 0 Å². The van der Waals surface area contributed by atoms with E-state index in [0.717, 1.165) is 22.3 Å². The Bertz CT molecular complexity index is 1230. The molecule has 1 fully saturated rings. The second-order valence-corrected chi connectivity index (χ2v) is 9.56. The number of ether oxygens (including phenoxy) is 3. The molecule has 184 valence electrons. The molecule has 0 spiro atoms. The molecule has 0 unspecified atom stereocenters. The molecule has 2 aromatic rings. The van der Waals surface area contributed by atoms with Crippen LogP contribution in [-0.4, -0.2) is 47.4 Å². The first-order valence-corrected chi connectivity index (χ1v) is 12.1. The minimum Gasteiger partial charge on any atom is -0.490 e. The average molecular weight is 555 g/mol. The second kappa shape index (κ2) is 11.8. The first-order valence-electron chi connectivity index (χ1n) is 10.2. The van der Waals surface area contributed by atoms with Crippen molar-refractivity contribution in [3.05, 3.63) is 62.0 Å². The van der Waals surface area contributed by atoms with Crippen LogP contribution in [0.1, 0.15) is 28.4 Å². The summed E-state index contributed by atoms with van der Waals surface area (Å²) in [6.45, 7) is 3.59. The second-order valence-electron chi connectivity index (χ2n) is 7.07. The number of carbonyl (C=O) groups excluding carboxylic acids is 3. The number of benzene rings is 2. The van der Waals surface area contributed by atoms with E-state index in [1.807, 2.05) is 6.92 Å². The number of methoxy groups -OCH3 is 1. The number of aryl methyl sites for hydroxylation is 1. The lowest BCUT2D eigenvalue weighted by atomic mass is 10.1. The highest BCUT2D eigenvalue weighted by Gasteiger charge is 2.34. The highest BCUT2D eigenvalue weighted by Crippen LogP contribution is 2.39. The van der Waals surface area contributed by atoms with Crippen LogP contribution in [-0.2, 0) is 14.3 Å². The SMILES string of the molecule is CCOc1cc(/C=C2\SC(=S)N(NC(=O)c3ccc(C)cc3Cl)C2=O)cc(Cl)c1OCC(=O)OC. The molecule has 3 rings (SSSR count). The van der Waals surface area contributed by atoms with E-state index in [1.165, 1.54) is 7.11 Å². The van der Waals surface area contributed by atoms with Gasteiger partial charge in [0.25, 0.3) is 11.8 Å². The van der Waals surface area contributed by atoms with E-state index in [2.05, 4.69) is 10.2 Å². The zero-order chi connectivity index (χ0) is 25.7. The largest absolute Gasteiger partial charge is 0.490 e. The fourth-order valence-electron chi connectivity index (χ4n) is 2.95. The van der Waals surface area contributed by atoms with Gasteiger partial charge < -0.3 is 14.2 Å².